The Kier molecular flexibility index (Phi) is 4.04. The van der Waals surface area contributed by atoms with Crippen molar-refractivity contribution < 1.29 is 14.4 Å². The summed E-state index contributed by atoms with van der Waals surface area (Å²) in [5.74, 6) is 0.921. The molecule has 2 unspecified atom stereocenters. The van der Waals surface area contributed by atoms with Gasteiger partial charge >= 0.3 is 6.03 Å². The summed E-state index contributed by atoms with van der Waals surface area (Å²) in [6.07, 6.45) is 2.84. The summed E-state index contributed by atoms with van der Waals surface area (Å²) >= 11 is 0. The lowest BCUT2D eigenvalue weighted by Gasteiger charge is -2.29. The summed E-state index contributed by atoms with van der Waals surface area (Å²) in [4.78, 5) is 15.8. The highest BCUT2D eigenvalue weighted by Gasteiger charge is 2.39. The van der Waals surface area contributed by atoms with Crippen LogP contribution < -0.4 is 10.6 Å². The number of rotatable bonds is 4. The van der Waals surface area contributed by atoms with E-state index in [0.29, 0.717) is 11.7 Å². The molecular formula is C12H20N4O3. The minimum atomic E-state index is -0.276. The van der Waals surface area contributed by atoms with Crippen LogP contribution in [0, 0.1) is 12.3 Å². The van der Waals surface area contributed by atoms with E-state index in [2.05, 4.69) is 20.8 Å². The molecule has 1 heterocycles. The molecule has 2 rings (SSSR count). The zero-order valence-corrected chi connectivity index (χ0v) is 11.3. The van der Waals surface area contributed by atoms with Gasteiger partial charge in [-0.2, -0.15) is 4.98 Å². The van der Waals surface area contributed by atoms with Crippen LogP contribution in [-0.2, 0) is 6.54 Å². The Labute approximate surface area is 111 Å². The number of aromatic nitrogens is 2. The van der Waals surface area contributed by atoms with Crippen LogP contribution in [0.1, 0.15) is 37.9 Å². The first-order chi connectivity index (χ1) is 9.03. The number of aliphatic hydroxyl groups is 1. The molecule has 0 spiro atoms. The number of hydrogen-bond acceptors (Lipinski definition) is 5. The van der Waals surface area contributed by atoms with Crippen molar-refractivity contribution in [3.8, 4) is 0 Å². The molecule has 0 bridgehead atoms. The molecule has 2 atom stereocenters. The fraction of sp³-hybridized carbons (Fsp3) is 0.750. The van der Waals surface area contributed by atoms with E-state index in [1.165, 1.54) is 0 Å². The van der Waals surface area contributed by atoms with Gasteiger partial charge in [0.25, 0.3) is 0 Å². The van der Waals surface area contributed by atoms with Gasteiger partial charge in [0.2, 0.25) is 5.89 Å². The lowest BCUT2D eigenvalue weighted by atomic mass is 9.86. The van der Waals surface area contributed by atoms with Crippen molar-refractivity contribution in [2.75, 3.05) is 6.61 Å². The molecule has 2 amide bonds. The third-order valence-electron chi connectivity index (χ3n) is 3.72. The topological polar surface area (TPSA) is 100 Å². The summed E-state index contributed by atoms with van der Waals surface area (Å²) < 4.78 is 4.90. The molecule has 1 aromatic rings. The van der Waals surface area contributed by atoms with E-state index < -0.39 is 0 Å². The standard InChI is InChI=1S/C12H20N4O3/c1-8-14-10(19-16-8)6-13-11(18)15-9-4-3-5-12(9,2)7-17/h9,17H,3-7H2,1-2H3,(H2,13,15,18). The summed E-state index contributed by atoms with van der Waals surface area (Å²) in [5, 5.41) is 18.6. The van der Waals surface area contributed by atoms with E-state index in [1.54, 1.807) is 6.92 Å². The average molecular weight is 268 g/mol. The lowest BCUT2D eigenvalue weighted by molar-refractivity contribution is 0.121. The van der Waals surface area contributed by atoms with Crippen molar-refractivity contribution in [3.63, 3.8) is 0 Å². The number of nitrogens with zero attached hydrogens (tertiary/aromatic N) is 2. The lowest BCUT2D eigenvalue weighted by Crippen LogP contribution is -2.48. The number of amides is 2. The predicted octanol–water partition coefficient (Wildman–Crippen LogP) is 0.728. The Hall–Kier alpha value is -1.63. The van der Waals surface area contributed by atoms with Crippen LogP contribution in [0.25, 0.3) is 0 Å². The normalized spacial score (nSPS) is 26.4. The minimum absolute atomic E-state index is 0.00178. The number of aryl methyl sites for hydroxylation is 1. The van der Waals surface area contributed by atoms with Crippen molar-refractivity contribution in [1.82, 2.24) is 20.8 Å². The van der Waals surface area contributed by atoms with Crippen LogP contribution in [-0.4, -0.2) is 33.9 Å². The summed E-state index contributed by atoms with van der Waals surface area (Å²) in [6, 6.07) is -0.274. The molecule has 0 radical (unpaired) electrons. The van der Waals surface area contributed by atoms with Gasteiger partial charge in [0.15, 0.2) is 5.82 Å². The molecule has 3 N–H and O–H groups in total. The van der Waals surface area contributed by atoms with Gasteiger partial charge < -0.3 is 20.3 Å². The van der Waals surface area contributed by atoms with E-state index in [9.17, 15) is 9.90 Å². The van der Waals surface area contributed by atoms with E-state index in [1.807, 2.05) is 6.92 Å². The van der Waals surface area contributed by atoms with Crippen LogP contribution in [0.15, 0.2) is 4.52 Å². The van der Waals surface area contributed by atoms with Crippen molar-refractivity contribution in [3.05, 3.63) is 11.7 Å². The minimum Gasteiger partial charge on any atom is -0.396 e. The first-order valence-corrected chi connectivity index (χ1v) is 6.48. The second kappa shape index (κ2) is 5.56. The van der Waals surface area contributed by atoms with Gasteiger partial charge in [0.1, 0.15) is 0 Å². The average Bonchev–Trinajstić information content (AvgIpc) is 2.95. The SMILES string of the molecule is Cc1noc(CNC(=O)NC2CCCC2(C)CO)n1. The molecule has 7 heteroatoms. The largest absolute Gasteiger partial charge is 0.396 e. The van der Waals surface area contributed by atoms with Crippen LogP contribution >= 0.6 is 0 Å². The number of nitrogens with one attached hydrogen (secondary N) is 2. The zero-order valence-electron chi connectivity index (χ0n) is 11.3. The number of carbonyl (C=O) groups excluding carboxylic acids is 1. The molecule has 0 aromatic carbocycles. The Balaban J connectivity index is 1.81. The highest BCUT2D eigenvalue weighted by molar-refractivity contribution is 5.74. The Morgan fingerprint density at radius 2 is 2.42 bits per heavy atom. The van der Waals surface area contributed by atoms with Gasteiger partial charge in [-0.1, -0.05) is 18.5 Å². The molecule has 0 aliphatic heterocycles. The van der Waals surface area contributed by atoms with Crippen molar-refractivity contribution in [2.45, 2.75) is 45.7 Å². The van der Waals surface area contributed by atoms with Crippen molar-refractivity contribution in [2.24, 2.45) is 5.41 Å². The molecule has 1 aliphatic carbocycles. The van der Waals surface area contributed by atoms with Gasteiger partial charge in [-0.3, -0.25) is 0 Å². The van der Waals surface area contributed by atoms with Crippen LogP contribution in [0.3, 0.4) is 0 Å². The van der Waals surface area contributed by atoms with Crippen LogP contribution in [0.5, 0.6) is 0 Å². The maximum Gasteiger partial charge on any atom is 0.315 e. The fourth-order valence-electron chi connectivity index (χ4n) is 2.45. The molecule has 1 saturated carbocycles. The van der Waals surface area contributed by atoms with Gasteiger partial charge in [-0.15, -0.1) is 0 Å². The van der Waals surface area contributed by atoms with Crippen molar-refractivity contribution >= 4 is 6.03 Å². The van der Waals surface area contributed by atoms with E-state index in [-0.39, 0.29) is 30.6 Å². The quantitative estimate of drug-likeness (QED) is 0.747. The van der Waals surface area contributed by atoms with Gasteiger partial charge in [-0.05, 0) is 19.8 Å². The van der Waals surface area contributed by atoms with Gasteiger partial charge in [-0.25, -0.2) is 4.79 Å². The molecule has 0 saturated heterocycles. The molecule has 1 aromatic heterocycles. The van der Waals surface area contributed by atoms with Gasteiger partial charge in [0, 0.05) is 11.5 Å². The monoisotopic (exact) mass is 268 g/mol. The van der Waals surface area contributed by atoms with E-state index >= 15 is 0 Å². The van der Waals surface area contributed by atoms with Crippen LogP contribution in [0.4, 0.5) is 4.79 Å². The predicted molar refractivity (Wildman–Crippen MR) is 67.2 cm³/mol. The first kappa shape index (κ1) is 13.8. The highest BCUT2D eigenvalue weighted by atomic mass is 16.5. The number of aliphatic hydroxyl groups excluding tert-OH is 1. The third-order valence-corrected chi connectivity index (χ3v) is 3.72. The Morgan fingerprint density at radius 3 is 3.05 bits per heavy atom. The second-order valence-electron chi connectivity index (χ2n) is 5.32. The number of hydrogen-bond donors (Lipinski definition) is 3. The second-order valence-corrected chi connectivity index (χ2v) is 5.32. The van der Waals surface area contributed by atoms with E-state index in [4.69, 9.17) is 4.52 Å². The maximum absolute atomic E-state index is 11.8. The van der Waals surface area contributed by atoms with Crippen molar-refractivity contribution in [1.29, 1.82) is 0 Å². The molecule has 19 heavy (non-hydrogen) atoms. The summed E-state index contributed by atoms with van der Waals surface area (Å²) in [6.45, 7) is 4.00. The zero-order chi connectivity index (χ0) is 13.9. The molecule has 7 nitrogen and oxygen atoms in total. The molecule has 106 valence electrons. The number of urea groups is 1. The first-order valence-electron chi connectivity index (χ1n) is 6.48. The highest BCUT2D eigenvalue weighted by Crippen LogP contribution is 2.37. The van der Waals surface area contributed by atoms with Gasteiger partial charge in [0.05, 0.1) is 13.2 Å². The smallest absolute Gasteiger partial charge is 0.315 e. The number of carbonyl (C=O) groups is 1. The fourth-order valence-corrected chi connectivity index (χ4v) is 2.45. The Bertz CT molecular complexity index is 448. The Morgan fingerprint density at radius 1 is 1.63 bits per heavy atom. The van der Waals surface area contributed by atoms with Crippen LogP contribution in [0.2, 0.25) is 0 Å². The molecule has 1 aliphatic rings. The van der Waals surface area contributed by atoms with E-state index in [0.717, 1.165) is 19.3 Å². The molecule has 1 fully saturated rings. The summed E-state index contributed by atoms with van der Waals surface area (Å²) in [5.41, 5.74) is -0.224. The maximum atomic E-state index is 11.8. The summed E-state index contributed by atoms with van der Waals surface area (Å²) in [7, 11) is 0. The third kappa shape index (κ3) is 3.23. The molecular weight excluding hydrogens is 248 g/mol.